The maximum Gasteiger partial charge on any atom is 0.244 e. The second-order valence-corrected chi connectivity index (χ2v) is 5.27. The van der Waals surface area contributed by atoms with Crippen molar-refractivity contribution in [3.05, 3.63) is 18.2 Å². The van der Waals surface area contributed by atoms with E-state index in [9.17, 15) is 10.1 Å². The fourth-order valence-corrected chi connectivity index (χ4v) is 2.69. The van der Waals surface area contributed by atoms with E-state index >= 15 is 0 Å². The van der Waals surface area contributed by atoms with E-state index < -0.39 is 5.41 Å². The highest BCUT2D eigenvalue weighted by atomic mass is 16.5. The van der Waals surface area contributed by atoms with Crippen molar-refractivity contribution in [3.63, 3.8) is 0 Å². The molecule has 1 amide bonds. The maximum absolute atomic E-state index is 12.5. The van der Waals surface area contributed by atoms with Crippen molar-refractivity contribution >= 4 is 11.6 Å². The number of methoxy groups -OCH3 is 2. The van der Waals surface area contributed by atoms with Gasteiger partial charge in [0.05, 0.1) is 26.0 Å². The lowest BCUT2D eigenvalue weighted by Gasteiger charge is -2.29. The van der Waals surface area contributed by atoms with Gasteiger partial charge in [0.1, 0.15) is 16.9 Å². The molecule has 1 aromatic carbocycles. The summed E-state index contributed by atoms with van der Waals surface area (Å²) in [6.45, 7) is 0. The fraction of sp³-hybridized carbons (Fsp3) is 0.500. The minimum absolute atomic E-state index is 0.242. The van der Waals surface area contributed by atoms with Crippen LogP contribution in [0.25, 0.3) is 0 Å². The molecule has 2 rings (SSSR count). The standard InChI is InChI=1S/C16H20N2O3/c1-20-12-6-7-13(14(10-12)21-2)18-15(19)16(11-17)8-4-3-5-9-16/h6-7,10H,3-5,8-9H2,1-2H3,(H,18,19). The van der Waals surface area contributed by atoms with Gasteiger partial charge in [-0.15, -0.1) is 0 Å². The number of amides is 1. The van der Waals surface area contributed by atoms with Gasteiger partial charge in [0.15, 0.2) is 0 Å². The van der Waals surface area contributed by atoms with Gasteiger partial charge in [0, 0.05) is 6.07 Å². The summed E-state index contributed by atoms with van der Waals surface area (Å²) in [7, 11) is 3.10. The van der Waals surface area contributed by atoms with Gasteiger partial charge in [-0.05, 0) is 25.0 Å². The third-order valence-electron chi connectivity index (χ3n) is 4.01. The molecule has 0 radical (unpaired) electrons. The molecule has 21 heavy (non-hydrogen) atoms. The number of nitrogens with one attached hydrogen (secondary N) is 1. The highest BCUT2D eigenvalue weighted by Crippen LogP contribution is 2.38. The number of nitriles is 1. The summed E-state index contributed by atoms with van der Waals surface area (Å²) in [6.07, 6.45) is 4.16. The number of nitrogens with zero attached hydrogens (tertiary/aromatic N) is 1. The van der Waals surface area contributed by atoms with Gasteiger partial charge in [-0.1, -0.05) is 19.3 Å². The lowest BCUT2D eigenvalue weighted by molar-refractivity contribution is -0.124. The second kappa shape index (κ2) is 6.49. The number of carbonyl (C=O) groups is 1. The normalized spacial score (nSPS) is 16.6. The van der Waals surface area contributed by atoms with Crippen LogP contribution in [0, 0.1) is 16.7 Å². The zero-order valence-corrected chi connectivity index (χ0v) is 12.4. The topological polar surface area (TPSA) is 71.3 Å². The summed E-state index contributed by atoms with van der Waals surface area (Å²) in [5.41, 5.74) is -0.355. The lowest BCUT2D eigenvalue weighted by atomic mass is 9.74. The van der Waals surface area contributed by atoms with E-state index in [-0.39, 0.29) is 5.91 Å². The number of anilines is 1. The Morgan fingerprint density at radius 2 is 1.95 bits per heavy atom. The molecule has 112 valence electrons. The molecule has 0 aliphatic heterocycles. The molecule has 5 nitrogen and oxygen atoms in total. The predicted octanol–water partition coefficient (Wildman–Crippen LogP) is 3.12. The third kappa shape index (κ3) is 3.10. The number of carbonyl (C=O) groups excluding carboxylic acids is 1. The molecule has 1 aliphatic carbocycles. The first kappa shape index (κ1) is 15.2. The van der Waals surface area contributed by atoms with E-state index in [1.165, 1.54) is 7.11 Å². The average molecular weight is 288 g/mol. The molecule has 1 saturated carbocycles. The Hall–Kier alpha value is -2.22. The second-order valence-electron chi connectivity index (χ2n) is 5.27. The first-order valence-corrected chi connectivity index (χ1v) is 7.10. The van der Waals surface area contributed by atoms with E-state index in [4.69, 9.17) is 9.47 Å². The van der Waals surface area contributed by atoms with Crippen molar-refractivity contribution in [1.29, 1.82) is 5.26 Å². The smallest absolute Gasteiger partial charge is 0.244 e. The Morgan fingerprint density at radius 3 is 2.52 bits per heavy atom. The van der Waals surface area contributed by atoms with Crippen molar-refractivity contribution in [2.75, 3.05) is 19.5 Å². The summed E-state index contributed by atoms with van der Waals surface area (Å²) in [5, 5.41) is 12.3. The Kier molecular flexibility index (Phi) is 4.69. The molecule has 5 heteroatoms. The van der Waals surface area contributed by atoms with E-state index in [1.54, 1.807) is 25.3 Å². The molecule has 0 heterocycles. The molecule has 0 atom stereocenters. The molecular weight excluding hydrogens is 268 g/mol. The Morgan fingerprint density at radius 1 is 1.24 bits per heavy atom. The summed E-state index contributed by atoms with van der Waals surface area (Å²) >= 11 is 0. The van der Waals surface area contributed by atoms with E-state index in [1.807, 2.05) is 0 Å². The number of ether oxygens (including phenoxy) is 2. The molecule has 0 bridgehead atoms. The summed E-state index contributed by atoms with van der Waals surface area (Å²) < 4.78 is 10.4. The summed E-state index contributed by atoms with van der Waals surface area (Å²) in [5.74, 6) is 0.928. The van der Waals surface area contributed by atoms with E-state index in [0.29, 0.717) is 30.0 Å². The molecule has 0 unspecified atom stereocenters. The van der Waals surface area contributed by atoms with Crippen LogP contribution in [0.2, 0.25) is 0 Å². The molecule has 1 aliphatic rings. The van der Waals surface area contributed by atoms with Gasteiger partial charge >= 0.3 is 0 Å². The minimum Gasteiger partial charge on any atom is -0.497 e. The van der Waals surface area contributed by atoms with Crippen LogP contribution in [0.5, 0.6) is 11.5 Å². The average Bonchev–Trinajstić information content (AvgIpc) is 2.55. The van der Waals surface area contributed by atoms with Gasteiger partial charge < -0.3 is 14.8 Å². The van der Waals surface area contributed by atoms with Crippen molar-refractivity contribution in [2.24, 2.45) is 5.41 Å². The number of hydrogen-bond acceptors (Lipinski definition) is 4. The zero-order valence-electron chi connectivity index (χ0n) is 12.4. The van der Waals surface area contributed by atoms with Crippen LogP contribution in [0.15, 0.2) is 18.2 Å². The number of benzene rings is 1. The molecular formula is C16H20N2O3. The van der Waals surface area contributed by atoms with Gasteiger partial charge in [-0.3, -0.25) is 4.79 Å². The van der Waals surface area contributed by atoms with Crippen LogP contribution in [-0.4, -0.2) is 20.1 Å². The van der Waals surface area contributed by atoms with Gasteiger partial charge in [0.2, 0.25) is 5.91 Å². The summed E-state index contributed by atoms with van der Waals surface area (Å²) in [4.78, 5) is 12.5. The lowest BCUT2D eigenvalue weighted by Crippen LogP contribution is -2.36. The first-order chi connectivity index (χ1) is 10.1. The third-order valence-corrected chi connectivity index (χ3v) is 4.01. The molecule has 1 fully saturated rings. The zero-order chi connectivity index (χ0) is 15.3. The Balaban J connectivity index is 2.21. The quantitative estimate of drug-likeness (QED) is 0.924. The largest absolute Gasteiger partial charge is 0.497 e. The molecule has 0 saturated heterocycles. The van der Waals surface area contributed by atoms with Crippen LogP contribution >= 0.6 is 0 Å². The maximum atomic E-state index is 12.5. The van der Waals surface area contributed by atoms with Crippen molar-refractivity contribution < 1.29 is 14.3 Å². The predicted molar refractivity (Wildman–Crippen MR) is 79.3 cm³/mol. The molecule has 0 spiro atoms. The van der Waals surface area contributed by atoms with Gasteiger partial charge in [-0.25, -0.2) is 0 Å². The van der Waals surface area contributed by atoms with Crippen LogP contribution in [0.4, 0.5) is 5.69 Å². The highest BCUT2D eigenvalue weighted by Gasteiger charge is 2.40. The molecule has 1 N–H and O–H groups in total. The SMILES string of the molecule is COc1ccc(NC(=O)C2(C#N)CCCCC2)c(OC)c1. The van der Waals surface area contributed by atoms with Crippen molar-refractivity contribution in [2.45, 2.75) is 32.1 Å². The van der Waals surface area contributed by atoms with E-state index in [0.717, 1.165) is 19.3 Å². The number of hydrogen-bond donors (Lipinski definition) is 1. The van der Waals surface area contributed by atoms with Crippen molar-refractivity contribution in [3.8, 4) is 17.6 Å². The van der Waals surface area contributed by atoms with E-state index in [2.05, 4.69) is 11.4 Å². The summed E-state index contributed by atoms with van der Waals surface area (Å²) in [6, 6.07) is 7.40. The van der Waals surface area contributed by atoms with Gasteiger partial charge in [-0.2, -0.15) is 5.26 Å². The molecule has 1 aromatic rings. The van der Waals surface area contributed by atoms with Crippen LogP contribution < -0.4 is 14.8 Å². The van der Waals surface area contributed by atoms with Gasteiger partial charge in [0.25, 0.3) is 0 Å². The Bertz CT molecular complexity index is 557. The first-order valence-electron chi connectivity index (χ1n) is 7.10. The van der Waals surface area contributed by atoms with Crippen LogP contribution in [0.1, 0.15) is 32.1 Å². The van der Waals surface area contributed by atoms with Crippen LogP contribution in [0.3, 0.4) is 0 Å². The fourth-order valence-electron chi connectivity index (χ4n) is 2.69. The van der Waals surface area contributed by atoms with Crippen molar-refractivity contribution in [1.82, 2.24) is 0 Å². The number of rotatable bonds is 4. The minimum atomic E-state index is -0.914. The highest BCUT2D eigenvalue weighted by molar-refractivity contribution is 5.98. The Labute approximate surface area is 124 Å². The van der Waals surface area contributed by atoms with Crippen LogP contribution in [-0.2, 0) is 4.79 Å². The molecule has 0 aromatic heterocycles. The monoisotopic (exact) mass is 288 g/mol.